The van der Waals surface area contributed by atoms with Crippen molar-refractivity contribution in [3.63, 3.8) is 0 Å². The Labute approximate surface area is 153 Å². The number of esters is 1. The summed E-state index contributed by atoms with van der Waals surface area (Å²) in [5, 5.41) is 12.0. The van der Waals surface area contributed by atoms with Gasteiger partial charge in [0.05, 0.1) is 5.39 Å². The van der Waals surface area contributed by atoms with Crippen LogP contribution in [0.5, 0.6) is 0 Å². The van der Waals surface area contributed by atoms with E-state index in [2.05, 4.69) is 15.5 Å². The molecule has 4 aromatic rings. The molecular formula is C19H14N4O4. The number of fused-ring (bicyclic) bond motifs is 1. The topological polar surface area (TPSA) is 100 Å². The van der Waals surface area contributed by atoms with Crippen molar-refractivity contribution in [3.05, 3.63) is 76.8 Å². The molecular weight excluding hydrogens is 348 g/mol. The fourth-order valence-corrected chi connectivity index (χ4v) is 2.57. The van der Waals surface area contributed by atoms with E-state index < -0.39 is 11.5 Å². The second-order valence-corrected chi connectivity index (χ2v) is 5.77. The number of benzene rings is 2. The molecule has 0 saturated carbocycles. The molecule has 4 rings (SSSR count). The van der Waals surface area contributed by atoms with E-state index in [-0.39, 0.29) is 13.2 Å². The highest BCUT2D eigenvalue weighted by Crippen LogP contribution is 2.18. The Morgan fingerprint density at radius 1 is 1.07 bits per heavy atom. The van der Waals surface area contributed by atoms with Gasteiger partial charge in [-0.2, -0.15) is 4.68 Å². The SMILES string of the molecule is O=C(Cn1nnc2ccccc2c1=O)OCc1cc(-c2ccccc2)no1. The van der Waals surface area contributed by atoms with Crippen molar-refractivity contribution in [2.45, 2.75) is 13.2 Å². The summed E-state index contributed by atoms with van der Waals surface area (Å²) in [7, 11) is 0. The predicted molar refractivity (Wildman–Crippen MR) is 95.5 cm³/mol. The molecule has 8 nitrogen and oxygen atoms in total. The van der Waals surface area contributed by atoms with Gasteiger partial charge in [0.2, 0.25) is 0 Å². The van der Waals surface area contributed by atoms with Crippen LogP contribution < -0.4 is 5.56 Å². The van der Waals surface area contributed by atoms with Crippen LogP contribution in [-0.4, -0.2) is 26.1 Å². The first kappa shape index (κ1) is 16.6. The molecule has 8 heteroatoms. The van der Waals surface area contributed by atoms with E-state index in [1.807, 2.05) is 30.3 Å². The third kappa shape index (κ3) is 3.59. The molecule has 27 heavy (non-hydrogen) atoms. The van der Waals surface area contributed by atoms with E-state index in [0.29, 0.717) is 22.4 Å². The van der Waals surface area contributed by atoms with Crippen molar-refractivity contribution in [2.24, 2.45) is 0 Å². The van der Waals surface area contributed by atoms with Crippen molar-refractivity contribution in [1.82, 2.24) is 20.2 Å². The first-order chi connectivity index (χ1) is 13.2. The smallest absolute Gasteiger partial charge is 0.328 e. The molecule has 0 bridgehead atoms. The molecule has 0 fully saturated rings. The summed E-state index contributed by atoms with van der Waals surface area (Å²) >= 11 is 0. The third-order valence-corrected chi connectivity index (χ3v) is 3.91. The highest BCUT2D eigenvalue weighted by Gasteiger charge is 2.12. The molecule has 0 N–H and O–H groups in total. The molecule has 0 spiro atoms. The Bertz CT molecular complexity index is 1150. The van der Waals surface area contributed by atoms with Crippen LogP contribution in [0.25, 0.3) is 22.2 Å². The van der Waals surface area contributed by atoms with E-state index in [1.165, 1.54) is 0 Å². The standard InChI is InChI=1S/C19H14N4O4/c24-18(11-23-19(25)15-8-4-5-9-16(15)20-22-23)26-12-14-10-17(21-27-14)13-6-2-1-3-7-13/h1-10H,11-12H2. The van der Waals surface area contributed by atoms with E-state index in [4.69, 9.17) is 9.26 Å². The van der Waals surface area contributed by atoms with Crippen LogP contribution in [-0.2, 0) is 22.7 Å². The van der Waals surface area contributed by atoms with E-state index >= 15 is 0 Å². The zero-order chi connectivity index (χ0) is 18.6. The van der Waals surface area contributed by atoms with Crippen LogP contribution in [0.1, 0.15) is 5.76 Å². The van der Waals surface area contributed by atoms with Crippen molar-refractivity contribution >= 4 is 16.9 Å². The highest BCUT2D eigenvalue weighted by atomic mass is 16.5. The molecule has 0 aliphatic heterocycles. The zero-order valence-corrected chi connectivity index (χ0v) is 14.1. The number of aromatic nitrogens is 4. The summed E-state index contributed by atoms with van der Waals surface area (Å²) in [6.45, 7) is -0.426. The van der Waals surface area contributed by atoms with Gasteiger partial charge in [-0.1, -0.05) is 52.8 Å². The lowest BCUT2D eigenvalue weighted by molar-refractivity contribution is -0.146. The average Bonchev–Trinajstić information content (AvgIpc) is 3.19. The van der Waals surface area contributed by atoms with Crippen LogP contribution in [0.2, 0.25) is 0 Å². The molecule has 2 aromatic carbocycles. The summed E-state index contributed by atoms with van der Waals surface area (Å²) in [5.74, 6) is -0.224. The summed E-state index contributed by atoms with van der Waals surface area (Å²) in [6, 6.07) is 18.0. The number of carbonyl (C=O) groups excluding carboxylic acids is 1. The van der Waals surface area contributed by atoms with E-state index in [9.17, 15) is 9.59 Å². The summed E-state index contributed by atoms with van der Waals surface area (Å²) in [5.41, 5.74) is 1.63. The third-order valence-electron chi connectivity index (χ3n) is 3.91. The fourth-order valence-electron chi connectivity index (χ4n) is 2.57. The molecule has 0 aliphatic rings. The number of hydrogen-bond donors (Lipinski definition) is 0. The van der Waals surface area contributed by atoms with Gasteiger partial charge in [0.25, 0.3) is 5.56 Å². The number of hydrogen-bond acceptors (Lipinski definition) is 7. The minimum atomic E-state index is -0.626. The molecule has 0 amide bonds. The Kier molecular flexibility index (Phi) is 4.44. The van der Waals surface area contributed by atoms with E-state index in [1.54, 1.807) is 30.3 Å². The molecule has 0 aliphatic carbocycles. The lowest BCUT2D eigenvalue weighted by atomic mass is 10.1. The normalized spacial score (nSPS) is 10.8. The second kappa shape index (κ2) is 7.20. The number of rotatable bonds is 5. The molecule has 0 unspecified atom stereocenters. The molecule has 2 aromatic heterocycles. The second-order valence-electron chi connectivity index (χ2n) is 5.77. The van der Waals surface area contributed by atoms with Gasteiger partial charge in [0.1, 0.15) is 17.8 Å². The van der Waals surface area contributed by atoms with Gasteiger partial charge in [-0.3, -0.25) is 9.59 Å². The lowest BCUT2D eigenvalue weighted by Crippen LogP contribution is -2.28. The minimum absolute atomic E-state index is 0.0889. The van der Waals surface area contributed by atoms with Crippen molar-refractivity contribution in [3.8, 4) is 11.3 Å². The average molecular weight is 362 g/mol. The summed E-state index contributed by atoms with van der Waals surface area (Å²) in [4.78, 5) is 24.4. The summed E-state index contributed by atoms with van der Waals surface area (Å²) < 4.78 is 11.3. The maximum Gasteiger partial charge on any atom is 0.328 e. The van der Waals surface area contributed by atoms with Crippen molar-refractivity contribution < 1.29 is 14.1 Å². The number of carbonyl (C=O) groups is 1. The van der Waals surface area contributed by atoms with Gasteiger partial charge in [0, 0.05) is 11.6 Å². The highest BCUT2D eigenvalue weighted by molar-refractivity contribution is 5.77. The number of ether oxygens (including phenoxy) is 1. The molecule has 0 radical (unpaired) electrons. The molecule has 2 heterocycles. The quantitative estimate of drug-likeness (QED) is 0.502. The zero-order valence-electron chi connectivity index (χ0n) is 14.1. The summed E-state index contributed by atoms with van der Waals surface area (Å²) in [6.07, 6.45) is 0. The molecule has 0 saturated heterocycles. The van der Waals surface area contributed by atoms with Crippen LogP contribution in [0.4, 0.5) is 0 Å². The van der Waals surface area contributed by atoms with Crippen LogP contribution in [0, 0.1) is 0 Å². The van der Waals surface area contributed by atoms with Crippen LogP contribution in [0.3, 0.4) is 0 Å². The van der Waals surface area contributed by atoms with Crippen LogP contribution in [0.15, 0.2) is 70.0 Å². The van der Waals surface area contributed by atoms with Gasteiger partial charge >= 0.3 is 5.97 Å². The van der Waals surface area contributed by atoms with Gasteiger partial charge in [-0.15, -0.1) is 5.10 Å². The molecule has 0 atom stereocenters. The van der Waals surface area contributed by atoms with Gasteiger partial charge in [-0.25, -0.2) is 0 Å². The number of nitrogens with zero attached hydrogens (tertiary/aromatic N) is 4. The lowest BCUT2D eigenvalue weighted by Gasteiger charge is -2.04. The Morgan fingerprint density at radius 3 is 2.70 bits per heavy atom. The monoisotopic (exact) mass is 362 g/mol. The fraction of sp³-hybridized carbons (Fsp3) is 0.105. The van der Waals surface area contributed by atoms with Crippen molar-refractivity contribution in [2.75, 3.05) is 0 Å². The largest absolute Gasteiger partial charge is 0.456 e. The Morgan fingerprint density at radius 2 is 1.85 bits per heavy atom. The van der Waals surface area contributed by atoms with Gasteiger partial charge in [-0.05, 0) is 12.1 Å². The Hall–Kier alpha value is -3.81. The van der Waals surface area contributed by atoms with Gasteiger partial charge in [0.15, 0.2) is 12.4 Å². The predicted octanol–water partition coefficient (Wildman–Crippen LogP) is 2.19. The maximum atomic E-state index is 12.3. The van der Waals surface area contributed by atoms with Crippen LogP contribution >= 0.6 is 0 Å². The maximum absolute atomic E-state index is 12.3. The Balaban J connectivity index is 1.41. The first-order valence-corrected chi connectivity index (χ1v) is 8.20. The molecule has 134 valence electrons. The van der Waals surface area contributed by atoms with E-state index in [0.717, 1.165) is 10.2 Å². The van der Waals surface area contributed by atoms with Gasteiger partial charge < -0.3 is 9.26 Å². The first-order valence-electron chi connectivity index (χ1n) is 8.20. The van der Waals surface area contributed by atoms with Crippen molar-refractivity contribution in [1.29, 1.82) is 0 Å². The minimum Gasteiger partial charge on any atom is -0.456 e.